The first kappa shape index (κ1) is 8.12. The topological polar surface area (TPSA) is 0 Å². The van der Waals surface area contributed by atoms with Crippen LogP contribution in [-0.2, 0) is 4.44 Å². The van der Waals surface area contributed by atoms with E-state index >= 15 is 0 Å². The fraction of sp³-hybridized carbons (Fsp3) is 0.333. The van der Waals surface area contributed by atoms with Gasteiger partial charge in [-0.3, -0.25) is 0 Å². The molecule has 2 radical (unpaired) electrons. The van der Waals surface area contributed by atoms with Crippen LogP contribution in [0.3, 0.4) is 0 Å². The summed E-state index contributed by atoms with van der Waals surface area (Å²) in [5.74, 6) is 0. The fourth-order valence-corrected chi connectivity index (χ4v) is 3.08. The molecule has 0 aliphatic rings. The Morgan fingerprint density at radius 1 is 1.20 bits per heavy atom. The van der Waals surface area contributed by atoms with E-state index in [1.807, 2.05) is 0 Å². The molecule has 1 aromatic carbocycles. The molecule has 0 fully saturated rings. The van der Waals surface area contributed by atoms with Gasteiger partial charge in [0.25, 0.3) is 0 Å². The third-order valence-corrected chi connectivity index (χ3v) is 4.73. The molecule has 0 spiro atoms. The Kier molecular flexibility index (Phi) is 3.88. The van der Waals surface area contributed by atoms with E-state index in [2.05, 4.69) is 37.3 Å². The van der Waals surface area contributed by atoms with Crippen LogP contribution >= 0.6 is 0 Å². The van der Waals surface area contributed by atoms with Crippen LogP contribution in [0.1, 0.15) is 12.5 Å². The van der Waals surface area contributed by atoms with Gasteiger partial charge in [0.1, 0.15) is 0 Å². The normalized spacial score (nSPS) is 9.70. The first-order chi connectivity index (χ1) is 4.93. The number of benzene rings is 1. The quantitative estimate of drug-likeness (QED) is 0.710. The van der Waals surface area contributed by atoms with E-state index in [1.54, 1.807) is 0 Å². The molecule has 0 heterocycles. The van der Waals surface area contributed by atoms with Crippen molar-refractivity contribution in [2.75, 3.05) is 0 Å². The Hall–Kier alpha value is 0.0187. The van der Waals surface area contributed by atoms with E-state index in [1.165, 1.54) is 14.4 Å². The van der Waals surface area contributed by atoms with Crippen molar-refractivity contribution in [2.24, 2.45) is 0 Å². The summed E-state index contributed by atoms with van der Waals surface area (Å²) >= 11 is -0.0199. The minimum atomic E-state index is -0.0199. The molecule has 0 bridgehead atoms. The Morgan fingerprint density at radius 3 is 2.50 bits per heavy atom. The summed E-state index contributed by atoms with van der Waals surface area (Å²) in [5, 5.41) is 0. The van der Waals surface area contributed by atoms with E-state index in [4.69, 9.17) is 0 Å². The van der Waals surface area contributed by atoms with Crippen LogP contribution in [-0.4, -0.2) is 21.1 Å². The van der Waals surface area contributed by atoms with Gasteiger partial charge in [-0.15, -0.1) is 0 Å². The molecule has 0 amide bonds. The van der Waals surface area contributed by atoms with Gasteiger partial charge in [-0.05, 0) is 0 Å². The molecular weight excluding hydrogens is 227 g/mol. The van der Waals surface area contributed by atoms with Crippen molar-refractivity contribution in [3.63, 3.8) is 0 Å². The second-order valence-corrected chi connectivity index (χ2v) is 6.72. The Labute approximate surface area is 72.9 Å². The number of rotatable bonds is 3. The summed E-state index contributed by atoms with van der Waals surface area (Å²) in [6.07, 6.45) is 0. The van der Waals surface area contributed by atoms with E-state index in [9.17, 15) is 0 Å². The maximum absolute atomic E-state index is 2.30. The van der Waals surface area contributed by atoms with E-state index < -0.39 is 0 Å². The van der Waals surface area contributed by atoms with Gasteiger partial charge in [-0.2, -0.15) is 0 Å². The number of hydrogen-bond acceptors (Lipinski definition) is 0. The summed E-state index contributed by atoms with van der Waals surface area (Å²) in [6.45, 7) is 2.30. The average molecular weight is 239 g/mol. The third kappa shape index (κ3) is 2.73. The van der Waals surface area contributed by atoms with Crippen molar-refractivity contribution in [2.45, 2.75) is 15.8 Å². The van der Waals surface area contributed by atoms with Gasteiger partial charge in [-0.1, -0.05) is 0 Å². The standard InChI is InChI=1S/C7H7.C2H5.Sn/c1-7-5-3-2-4-6-7;1-2;/h2-6H,1H2;1H2,2H3;. The molecular formula is C9H12Sn. The summed E-state index contributed by atoms with van der Waals surface area (Å²) in [7, 11) is 0. The summed E-state index contributed by atoms with van der Waals surface area (Å²) in [5.41, 5.74) is 1.54. The van der Waals surface area contributed by atoms with Crippen LogP contribution < -0.4 is 0 Å². The van der Waals surface area contributed by atoms with Gasteiger partial charge in [0.15, 0.2) is 0 Å². The van der Waals surface area contributed by atoms with Crippen LogP contribution in [0.5, 0.6) is 0 Å². The molecule has 52 valence electrons. The first-order valence-corrected chi connectivity index (χ1v) is 7.71. The van der Waals surface area contributed by atoms with Crippen molar-refractivity contribution in [1.82, 2.24) is 0 Å². The second kappa shape index (κ2) is 4.78. The van der Waals surface area contributed by atoms with Crippen molar-refractivity contribution >= 4 is 21.1 Å². The van der Waals surface area contributed by atoms with Gasteiger partial charge in [0.2, 0.25) is 0 Å². The predicted molar refractivity (Wildman–Crippen MR) is 46.4 cm³/mol. The van der Waals surface area contributed by atoms with Crippen molar-refractivity contribution in [3.8, 4) is 0 Å². The van der Waals surface area contributed by atoms with Gasteiger partial charge >= 0.3 is 72.8 Å². The molecule has 0 nitrogen and oxygen atoms in total. The molecule has 10 heavy (non-hydrogen) atoms. The Morgan fingerprint density at radius 2 is 1.90 bits per heavy atom. The van der Waals surface area contributed by atoms with Crippen LogP contribution in [0.4, 0.5) is 0 Å². The predicted octanol–water partition coefficient (Wildman–Crippen LogP) is 2.33. The molecule has 1 heteroatoms. The van der Waals surface area contributed by atoms with Crippen molar-refractivity contribution in [3.05, 3.63) is 35.9 Å². The number of hydrogen-bond donors (Lipinski definition) is 0. The Balaban J connectivity index is 2.43. The van der Waals surface area contributed by atoms with Crippen LogP contribution in [0.25, 0.3) is 0 Å². The minimum absolute atomic E-state index is 0.0199. The first-order valence-electron chi connectivity index (χ1n) is 3.68. The summed E-state index contributed by atoms with van der Waals surface area (Å²) in [6, 6.07) is 10.8. The monoisotopic (exact) mass is 240 g/mol. The van der Waals surface area contributed by atoms with Crippen LogP contribution in [0, 0.1) is 0 Å². The molecule has 0 aliphatic heterocycles. The molecule has 0 aromatic heterocycles. The molecule has 0 atom stereocenters. The van der Waals surface area contributed by atoms with Crippen molar-refractivity contribution in [1.29, 1.82) is 0 Å². The molecule has 0 N–H and O–H groups in total. The van der Waals surface area contributed by atoms with E-state index in [0.29, 0.717) is 0 Å². The average Bonchev–Trinajstić information content (AvgIpc) is 2.03. The van der Waals surface area contributed by atoms with Crippen LogP contribution in [0.2, 0.25) is 4.44 Å². The molecule has 0 aliphatic carbocycles. The zero-order chi connectivity index (χ0) is 7.23. The molecule has 1 aromatic rings. The van der Waals surface area contributed by atoms with Gasteiger partial charge in [0, 0.05) is 0 Å². The van der Waals surface area contributed by atoms with E-state index in [-0.39, 0.29) is 21.1 Å². The summed E-state index contributed by atoms with van der Waals surface area (Å²) in [4.78, 5) is 0. The Bertz CT molecular complexity index is 169. The molecule has 0 unspecified atom stereocenters. The molecule has 1 rings (SSSR count). The zero-order valence-electron chi connectivity index (χ0n) is 6.30. The second-order valence-electron chi connectivity index (χ2n) is 2.27. The maximum atomic E-state index is 2.30. The molecule has 0 saturated carbocycles. The third-order valence-electron chi connectivity index (χ3n) is 1.42. The summed E-state index contributed by atoms with van der Waals surface area (Å²) < 4.78 is 2.86. The molecule has 0 saturated heterocycles. The van der Waals surface area contributed by atoms with E-state index in [0.717, 1.165) is 0 Å². The van der Waals surface area contributed by atoms with Gasteiger partial charge < -0.3 is 0 Å². The van der Waals surface area contributed by atoms with Crippen LogP contribution in [0.15, 0.2) is 30.3 Å². The zero-order valence-corrected chi connectivity index (χ0v) is 9.16. The fourth-order valence-electron chi connectivity index (χ4n) is 0.865. The van der Waals surface area contributed by atoms with Gasteiger partial charge in [0.05, 0.1) is 0 Å². The van der Waals surface area contributed by atoms with Crippen molar-refractivity contribution < 1.29 is 0 Å². The van der Waals surface area contributed by atoms with Gasteiger partial charge in [-0.25, -0.2) is 0 Å². The SMILES string of the molecule is C[CH2][Sn][CH2]c1ccccc1.